The highest BCUT2D eigenvalue weighted by Gasteiger charge is 2.07. The van der Waals surface area contributed by atoms with Crippen molar-refractivity contribution in [1.29, 1.82) is 5.26 Å². The van der Waals surface area contributed by atoms with Gasteiger partial charge in [-0.1, -0.05) is 28.7 Å². The standard InChI is InChI=1S/C3HClN.C2H5.Al.ClH/c1-3(4)2-5;1-2;;/h1H;1H2,2H3;;1H/q;;+1;/p-1. The molecule has 0 saturated heterocycles. The molecule has 0 aromatic carbocycles. The van der Waals surface area contributed by atoms with Gasteiger partial charge in [-0.3, -0.25) is 10.0 Å². The summed E-state index contributed by atoms with van der Waals surface area (Å²) in [5.41, 5.74) is 0. The van der Waals surface area contributed by atoms with Gasteiger partial charge in [0.05, 0.1) is 5.03 Å². The maximum atomic E-state index is 8.19. The molecule has 48 valence electrons. The maximum absolute atomic E-state index is 8.19. The molecule has 0 N–H and O–H groups in total. The molecule has 0 radical (unpaired) electrons. The van der Waals surface area contributed by atoms with Crippen LogP contribution in [0.25, 0.3) is 0 Å². The van der Waals surface area contributed by atoms with Crippen molar-refractivity contribution in [2.24, 2.45) is 0 Å². The second kappa shape index (κ2) is 5.15. The molecule has 0 rings (SSSR count). The number of halogens is 2. The van der Waals surface area contributed by atoms with E-state index in [1.807, 2.05) is 6.92 Å². The lowest BCUT2D eigenvalue weighted by atomic mass is 10.7. The molecule has 0 aliphatic rings. The van der Waals surface area contributed by atoms with Crippen LogP contribution in [0.15, 0.2) is 9.97 Å². The molecule has 1 nitrogen and oxygen atoms in total. The van der Waals surface area contributed by atoms with Crippen molar-refractivity contribution in [1.82, 2.24) is 0 Å². The highest BCUT2D eigenvalue weighted by Crippen LogP contribution is 2.05. The highest BCUT2D eigenvalue weighted by atomic mass is 35.6. The lowest BCUT2D eigenvalue weighted by molar-refractivity contribution is 1.45. The van der Waals surface area contributed by atoms with Gasteiger partial charge in [0, 0.05) is 0 Å². The first-order valence-electron chi connectivity index (χ1n) is 2.62. The molecule has 0 spiro atoms. The predicted molar refractivity (Wildman–Crippen MR) is 41.6 cm³/mol. The first-order chi connectivity index (χ1) is 4.20. The molecule has 0 aliphatic heterocycles. The Hall–Kier alpha value is 0.342. The summed E-state index contributed by atoms with van der Waals surface area (Å²) in [4.78, 5) is 1.67. The van der Waals surface area contributed by atoms with E-state index in [1.54, 1.807) is 11.0 Å². The average molecular weight is 178 g/mol. The summed E-state index contributed by atoms with van der Waals surface area (Å²) in [5, 5.41) is 9.35. The molecular formula is C5H6AlCl2N. The van der Waals surface area contributed by atoms with Gasteiger partial charge in [-0.15, -0.1) is 0 Å². The number of hydrogen-bond acceptors (Lipinski definition) is 1. The zero-order chi connectivity index (χ0) is 7.28. The van der Waals surface area contributed by atoms with E-state index in [9.17, 15) is 0 Å². The van der Waals surface area contributed by atoms with Crippen molar-refractivity contribution in [3.05, 3.63) is 9.97 Å². The van der Waals surface area contributed by atoms with Crippen LogP contribution in [-0.4, -0.2) is 13.2 Å². The van der Waals surface area contributed by atoms with Gasteiger partial charge in [-0.2, -0.15) is 5.26 Å². The molecular weight excluding hydrogens is 172 g/mol. The van der Waals surface area contributed by atoms with E-state index in [2.05, 4.69) is 0 Å². The number of nitrogens with zero attached hydrogens (tertiary/aromatic N) is 1. The largest absolute Gasteiger partial charge is 0.431 e. The molecule has 9 heavy (non-hydrogen) atoms. The maximum Gasteiger partial charge on any atom is 0.431 e. The van der Waals surface area contributed by atoms with E-state index >= 15 is 0 Å². The Morgan fingerprint density at radius 3 is 2.78 bits per heavy atom. The first-order valence-corrected chi connectivity index (χ1v) is 6.23. The monoisotopic (exact) mass is 177 g/mol. The summed E-state index contributed by atoms with van der Waals surface area (Å²) in [5.74, 6) is 0. The Bertz CT molecular complexity index is 150. The summed E-state index contributed by atoms with van der Waals surface area (Å²) in [6, 6.07) is 1.81. The van der Waals surface area contributed by atoms with Crippen LogP contribution in [0.4, 0.5) is 0 Å². The van der Waals surface area contributed by atoms with Crippen molar-refractivity contribution >= 4 is 34.9 Å². The molecule has 0 unspecified atom stereocenters. The van der Waals surface area contributed by atoms with Crippen LogP contribution in [0, 0.1) is 11.3 Å². The van der Waals surface area contributed by atoms with Crippen LogP contribution < -0.4 is 0 Å². The van der Waals surface area contributed by atoms with Crippen molar-refractivity contribution in [2.75, 3.05) is 0 Å². The number of rotatable bonds is 2. The first kappa shape index (κ1) is 9.34. The van der Waals surface area contributed by atoms with Crippen LogP contribution in [0.5, 0.6) is 0 Å². The van der Waals surface area contributed by atoms with E-state index in [-0.39, 0.29) is 5.03 Å². The number of allylic oxidation sites excluding steroid dienone is 1. The summed E-state index contributed by atoms with van der Waals surface area (Å²) >= 11 is 4.09. The zero-order valence-corrected chi connectivity index (χ0v) is 7.73. The van der Waals surface area contributed by atoms with Crippen LogP contribution >= 0.6 is 21.7 Å². The molecule has 0 aliphatic carbocycles. The highest BCUT2D eigenvalue weighted by molar-refractivity contribution is 7.10. The number of hydrogen-bond donors (Lipinski definition) is 0. The quantitative estimate of drug-likeness (QED) is 0.470. The fourth-order valence-electron chi connectivity index (χ4n) is 0.314. The van der Waals surface area contributed by atoms with E-state index in [4.69, 9.17) is 26.9 Å². The molecule has 0 bridgehead atoms. The molecule has 4 heteroatoms. The minimum atomic E-state index is -1.30. The molecule has 0 fully saturated rings. The van der Waals surface area contributed by atoms with E-state index in [0.717, 1.165) is 5.28 Å². The van der Waals surface area contributed by atoms with E-state index in [1.165, 1.54) is 0 Å². The average Bonchev–Trinajstić information content (AvgIpc) is 1.87. The minimum absolute atomic E-state index is 0.225. The lowest BCUT2D eigenvalue weighted by Gasteiger charge is -1.86. The van der Waals surface area contributed by atoms with Crippen LogP contribution in [0.2, 0.25) is 5.28 Å². The van der Waals surface area contributed by atoms with Crippen molar-refractivity contribution in [3.63, 3.8) is 0 Å². The normalized spacial score (nSPS) is 10.7. The zero-order valence-electron chi connectivity index (χ0n) is 5.06. The SMILES string of the molecule is C[CH2][Al]([Cl])[CH]=C(Cl)C#N. The Kier molecular flexibility index (Phi) is 5.35. The fraction of sp³-hybridized carbons (Fsp3) is 0.400. The van der Waals surface area contributed by atoms with E-state index in [0.29, 0.717) is 0 Å². The van der Waals surface area contributed by atoms with Crippen LogP contribution in [0.1, 0.15) is 6.92 Å². The molecule has 0 aromatic heterocycles. The van der Waals surface area contributed by atoms with Gasteiger partial charge < -0.3 is 0 Å². The molecule has 0 atom stereocenters. The smallest absolute Gasteiger partial charge is 0.254 e. The van der Waals surface area contributed by atoms with Crippen LogP contribution in [-0.2, 0) is 0 Å². The summed E-state index contributed by atoms with van der Waals surface area (Å²) in [7, 11) is 5.77. The third-order valence-corrected chi connectivity index (χ3v) is 4.02. The second-order valence-electron chi connectivity index (χ2n) is 1.55. The Morgan fingerprint density at radius 1 is 1.89 bits per heavy atom. The lowest BCUT2D eigenvalue weighted by Crippen LogP contribution is -1.95. The topological polar surface area (TPSA) is 23.8 Å². The van der Waals surface area contributed by atoms with Gasteiger partial charge in [0.1, 0.15) is 6.07 Å². The van der Waals surface area contributed by atoms with Gasteiger partial charge in [-0.05, 0) is 0 Å². The molecule has 0 amide bonds. The summed E-state index contributed by atoms with van der Waals surface area (Å²) < 4.78 is 0. The van der Waals surface area contributed by atoms with E-state index < -0.39 is 13.2 Å². The van der Waals surface area contributed by atoms with Crippen LogP contribution in [0.3, 0.4) is 0 Å². The third kappa shape index (κ3) is 4.82. The Morgan fingerprint density at radius 2 is 2.44 bits per heavy atom. The Balaban J connectivity index is 3.83. The van der Waals surface area contributed by atoms with Gasteiger partial charge in [0.2, 0.25) is 0 Å². The predicted octanol–water partition coefficient (Wildman–Crippen LogP) is 2.42. The summed E-state index contributed by atoms with van der Waals surface area (Å²) in [6.07, 6.45) is 0. The fourth-order valence-corrected chi connectivity index (χ4v) is 1.97. The van der Waals surface area contributed by atoms with Crippen molar-refractivity contribution in [2.45, 2.75) is 12.2 Å². The second-order valence-corrected chi connectivity index (χ2v) is 5.82. The molecule has 0 aromatic rings. The van der Waals surface area contributed by atoms with Gasteiger partial charge >= 0.3 is 13.2 Å². The number of nitriles is 1. The van der Waals surface area contributed by atoms with Gasteiger partial charge in [0.25, 0.3) is 0 Å². The van der Waals surface area contributed by atoms with Gasteiger partial charge in [0.15, 0.2) is 0 Å². The minimum Gasteiger partial charge on any atom is -0.254 e. The third-order valence-electron chi connectivity index (χ3n) is 0.824. The molecule has 0 saturated carbocycles. The van der Waals surface area contributed by atoms with Gasteiger partial charge in [-0.25, -0.2) is 0 Å². The van der Waals surface area contributed by atoms with Crippen molar-refractivity contribution < 1.29 is 0 Å². The molecule has 0 heterocycles. The summed E-state index contributed by atoms with van der Waals surface area (Å²) in [6.45, 7) is 1.99. The Labute approximate surface area is 68.5 Å². The van der Waals surface area contributed by atoms with Crippen molar-refractivity contribution in [3.8, 4) is 6.07 Å².